The van der Waals surface area contributed by atoms with Crippen molar-refractivity contribution in [2.75, 3.05) is 12.4 Å². The number of nitrogens with zero attached hydrogens (tertiary/aromatic N) is 3. The molecule has 0 unspecified atom stereocenters. The van der Waals surface area contributed by atoms with Gasteiger partial charge < -0.3 is 10.1 Å². The van der Waals surface area contributed by atoms with E-state index in [1.807, 2.05) is 19.1 Å². The van der Waals surface area contributed by atoms with Crippen molar-refractivity contribution in [2.24, 2.45) is 0 Å². The highest BCUT2D eigenvalue weighted by Gasteiger charge is 2.12. The first-order valence-electron chi connectivity index (χ1n) is 6.95. The highest BCUT2D eigenvalue weighted by Crippen LogP contribution is 2.33. The topological polar surface area (TPSA) is 59.9 Å². The molecule has 0 aliphatic rings. The average molecular weight is 438 g/mol. The van der Waals surface area contributed by atoms with Gasteiger partial charge in [-0.25, -0.2) is 15.0 Å². The fourth-order valence-electron chi connectivity index (χ4n) is 2.04. The van der Waals surface area contributed by atoms with Crippen LogP contribution in [0.2, 0.25) is 0 Å². The summed E-state index contributed by atoms with van der Waals surface area (Å²) in [6.07, 6.45) is 1.75. The van der Waals surface area contributed by atoms with Crippen LogP contribution in [-0.2, 0) is 0 Å². The molecular weight excluding hydrogens is 423 g/mol. The minimum atomic E-state index is 0.564. The zero-order valence-corrected chi connectivity index (χ0v) is 15.9. The van der Waals surface area contributed by atoms with Gasteiger partial charge in [0.25, 0.3) is 5.19 Å². The number of benzene rings is 1. The van der Waals surface area contributed by atoms with E-state index in [1.165, 1.54) is 20.5 Å². The van der Waals surface area contributed by atoms with Gasteiger partial charge in [0.1, 0.15) is 0 Å². The third-order valence-electron chi connectivity index (χ3n) is 3.27. The number of hydrogen-bond donors (Lipinski definition) is 1. The highest BCUT2D eigenvalue weighted by molar-refractivity contribution is 14.1. The fourth-order valence-corrected chi connectivity index (χ4v) is 3.41. The van der Waals surface area contributed by atoms with Crippen molar-refractivity contribution in [1.82, 2.24) is 15.0 Å². The second kappa shape index (κ2) is 6.79. The lowest BCUT2D eigenvalue weighted by Gasteiger charge is -2.07. The molecule has 0 radical (unpaired) electrons. The number of aryl methyl sites for hydroxylation is 2. The van der Waals surface area contributed by atoms with Crippen molar-refractivity contribution in [2.45, 2.75) is 13.8 Å². The van der Waals surface area contributed by atoms with Gasteiger partial charge >= 0.3 is 0 Å². The summed E-state index contributed by atoms with van der Waals surface area (Å²) in [6, 6.07) is 8.05. The number of methoxy groups -OCH3 is 1. The van der Waals surface area contributed by atoms with E-state index < -0.39 is 0 Å². The first-order valence-corrected chi connectivity index (χ1v) is 8.84. The van der Waals surface area contributed by atoms with Gasteiger partial charge in [-0.3, -0.25) is 0 Å². The maximum absolute atomic E-state index is 5.19. The summed E-state index contributed by atoms with van der Waals surface area (Å²) in [7, 11) is 1.62. The van der Waals surface area contributed by atoms with E-state index in [1.54, 1.807) is 13.3 Å². The maximum Gasteiger partial charge on any atom is 0.273 e. The molecule has 118 valence electrons. The third-order valence-corrected chi connectivity index (χ3v) is 5.57. The Morgan fingerprint density at radius 3 is 2.70 bits per heavy atom. The van der Waals surface area contributed by atoms with Gasteiger partial charge in [-0.05, 0) is 60.2 Å². The first kappa shape index (κ1) is 16.1. The SMILES string of the molecule is COc1nc(C)c(-c2ccnc(Nc3ccc(C)c(I)c3)n2)s1. The lowest BCUT2D eigenvalue weighted by molar-refractivity contribution is 0.411. The molecule has 0 atom stereocenters. The van der Waals surface area contributed by atoms with Crippen LogP contribution in [0.1, 0.15) is 11.3 Å². The van der Waals surface area contributed by atoms with Crippen LogP contribution in [-0.4, -0.2) is 22.1 Å². The van der Waals surface area contributed by atoms with Crippen LogP contribution in [0.25, 0.3) is 10.6 Å². The minimum Gasteiger partial charge on any atom is -0.473 e. The van der Waals surface area contributed by atoms with E-state index in [2.05, 4.69) is 61.9 Å². The summed E-state index contributed by atoms with van der Waals surface area (Å²) in [4.78, 5) is 14.2. The smallest absolute Gasteiger partial charge is 0.273 e. The van der Waals surface area contributed by atoms with Gasteiger partial charge in [0, 0.05) is 15.5 Å². The number of rotatable bonds is 4. The van der Waals surface area contributed by atoms with Gasteiger partial charge in [-0.1, -0.05) is 17.4 Å². The number of thiazole rings is 1. The Balaban J connectivity index is 1.90. The van der Waals surface area contributed by atoms with E-state index >= 15 is 0 Å². The Morgan fingerprint density at radius 1 is 1.17 bits per heavy atom. The van der Waals surface area contributed by atoms with Crippen LogP contribution in [0.15, 0.2) is 30.5 Å². The largest absolute Gasteiger partial charge is 0.473 e. The van der Waals surface area contributed by atoms with Gasteiger partial charge in [0.2, 0.25) is 5.95 Å². The zero-order valence-electron chi connectivity index (χ0n) is 12.9. The standard InChI is InChI=1S/C16H15IN4OS/c1-9-4-5-11(8-12(9)17)20-15-18-7-6-13(21-15)14-10(2)19-16(22-3)23-14/h4-8H,1-3H3,(H,18,20,21). The van der Waals surface area contributed by atoms with E-state index in [4.69, 9.17) is 4.74 Å². The number of ether oxygens (including phenoxy) is 1. The molecule has 0 aliphatic carbocycles. The molecule has 0 aliphatic heterocycles. The number of hydrogen-bond acceptors (Lipinski definition) is 6. The van der Waals surface area contributed by atoms with Crippen molar-refractivity contribution in [3.63, 3.8) is 0 Å². The quantitative estimate of drug-likeness (QED) is 0.605. The molecule has 2 aromatic heterocycles. The van der Waals surface area contributed by atoms with Crippen LogP contribution < -0.4 is 10.1 Å². The zero-order chi connectivity index (χ0) is 16.4. The predicted octanol–water partition coefficient (Wildman–Crippen LogP) is 4.57. The van der Waals surface area contributed by atoms with Crippen LogP contribution in [0.5, 0.6) is 5.19 Å². The Kier molecular flexibility index (Phi) is 4.76. The molecule has 1 N–H and O–H groups in total. The van der Waals surface area contributed by atoms with Crippen LogP contribution in [0, 0.1) is 17.4 Å². The molecule has 0 bridgehead atoms. The van der Waals surface area contributed by atoms with E-state index in [0.717, 1.165) is 22.0 Å². The third kappa shape index (κ3) is 3.61. The highest BCUT2D eigenvalue weighted by atomic mass is 127. The minimum absolute atomic E-state index is 0.564. The molecular formula is C16H15IN4OS. The van der Waals surface area contributed by atoms with Crippen molar-refractivity contribution in [1.29, 1.82) is 0 Å². The van der Waals surface area contributed by atoms with Crippen molar-refractivity contribution < 1.29 is 4.74 Å². The summed E-state index contributed by atoms with van der Waals surface area (Å²) in [5, 5.41) is 3.89. The monoisotopic (exact) mass is 438 g/mol. The van der Waals surface area contributed by atoms with Crippen LogP contribution in [0.3, 0.4) is 0 Å². The molecule has 0 amide bonds. The van der Waals surface area contributed by atoms with Gasteiger partial charge in [0.05, 0.1) is 23.4 Å². The lowest BCUT2D eigenvalue weighted by atomic mass is 10.2. The second-order valence-electron chi connectivity index (χ2n) is 4.95. The molecule has 3 rings (SSSR count). The average Bonchev–Trinajstić information content (AvgIpc) is 2.92. The molecule has 0 saturated heterocycles. The molecule has 0 fully saturated rings. The Morgan fingerprint density at radius 2 is 2.00 bits per heavy atom. The summed E-state index contributed by atoms with van der Waals surface area (Å²) >= 11 is 3.80. The van der Waals surface area contributed by atoms with Gasteiger partial charge in [0.15, 0.2) is 0 Å². The van der Waals surface area contributed by atoms with E-state index in [9.17, 15) is 0 Å². The predicted molar refractivity (Wildman–Crippen MR) is 102 cm³/mol. The number of nitrogens with one attached hydrogen (secondary N) is 1. The number of anilines is 2. The maximum atomic E-state index is 5.19. The lowest BCUT2D eigenvalue weighted by Crippen LogP contribution is -1.98. The Bertz CT molecular complexity index is 850. The fraction of sp³-hybridized carbons (Fsp3) is 0.188. The molecule has 5 nitrogen and oxygen atoms in total. The normalized spacial score (nSPS) is 10.6. The Hall–Kier alpha value is -1.74. The first-order chi connectivity index (χ1) is 11.1. The van der Waals surface area contributed by atoms with E-state index in [-0.39, 0.29) is 0 Å². The molecule has 3 aromatic rings. The molecule has 7 heteroatoms. The summed E-state index contributed by atoms with van der Waals surface area (Å²) in [6.45, 7) is 4.04. The summed E-state index contributed by atoms with van der Waals surface area (Å²) in [5.74, 6) is 0.564. The van der Waals surface area contributed by atoms with E-state index in [0.29, 0.717) is 11.1 Å². The number of halogens is 1. The second-order valence-corrected chi connectivity index (χ2v) is 7.08. The van der Waals surface area contributed by atoms with Gasteiger partial charge in [-0.2, -0.15) is 0 Å². The van der Waals surface area contributed by atoms with Crippen molar-refractivity contribution in [3.05, 3.63) is 45.3 Å². The van der Waals surface area contributed by atoms with Crippen molar-refractivity contribution in [3.8, 4) is 15.8 Å². The Labute approximate surface area is 152 Å². The van der Waals surface area contributed by atoms with Crippen LogP contribution >= 0.6 is 33.9 Å². The van der Waals surface area contributed by atoms with Crippen molar-refractivity contribution >= 4 is 45.6 Å². The molecule has 0 saturated carbocycles. The van der Waals surface area contributed by atoms with Gasteiger partial charge in [-0.15, -0.1) is 0 Å². The molecule has 2 heterocycles. The summed E-state index contributed by atoms with van der Waals surface area (Å²) in [5.41, 5.74) is 3.96. The molecule has 1 aromatic carbocycles. The molecule has 23 heavy (non-hydrogen) atoms. The summed E-state index contributed by atoms with van der Waals surface area (Å²) < 4.78 is 6.40. The molecule has 0 spiro atoms. The number of aromatic nitrogens is 3. The van der Waals surface area contributed by atoms with Crippen LogP contribution in [0.4, 0.5) is 11.6 Å².